The highest BCUT2D eigenvalue weighted by atomic mass is 79.9. The van der Waals surface area contributed by atoms with Crippen molar-refractivity contribution < 1.29 is 4.79 Å². The van der Waals surface area contributed by atoms with Crippen molar-refractivity contribution in [3.8, 4) is 18.2 Å². The monoisotopic (exact) mass is 459 g/mol. The highest BCUT2D eigenvalue weighted by Crippen LogP contribution is 2.41. The maximum atomic E-state index is 12.3. The number of nitrogens with one attached hydrogen (secondary N) is 2. The second-order valence-electron chi connectivity index (χ2n) is 6.40. The maximum absolute atomic E-state index is 12.3. The molecule has 1 aliphatic carbocycles. The van der Waals surface area contributed by atoms with Crippen LogP contribution in [0.4, 0.5) is 0 Å². The maximum Gasteiger partial charge on any atom is 0.242 e. The molecular formula is C21H14BrN7O. The minimum Gasteiger partial charge on any atom is -0.383 e. The molecule has 9 heteroatoms. The summed E-state index contributed by atoms with van der Waals surface area (Å²) in [4.78, 5) is 16.5. The molecular weight excluding hydrogens is 446 g/mol. The van der Waals surface area contributed by atoms with Gasteiger partial charge in [-0.15, -0.1) is 0 Å². The summed E-state index contributed by atoms with van der Waals surface area (Å²) < 4.78 is 0.915. The summed E-state index contributed by atoms with van der Waals surface area (Å²) in [6.07, 6.45) is 6.47. The zero-order valence-corrected chi connectivity index (χ0v) is 17.1. The second-order valence-corrected chi connectivity index (χ2v) is 7.31. The smallest absolute Gasteiger partial charge is 0.242 e. The van der Waals surface area contributed by atoms with Gasteiger partial charge in [0, 0.05) is 10.0 Å². The van der Waals surface area contributed by atoms with Crippen molar-refractivity contribution >= 4 is 27.7 Å². The van der Waals surface area contributed by atoms with E-state index < -0.39 is 5.41 Å². The molecule has 0 atom stereocenters. The van der Waals surface area contributed by atoms with E-state index in [0.717, 1.165) is 10.0 Å². The predicted molar refractivity (Wildman–Crippen MR) is 112 cm³/mol. The number of hydrogen-bond acceptors (Lipinski definition) is 7. The summed E-state index contributed by atoms with van der Waals surface area (Å²) in [6.45, 7) is 0. The Morgan fingerprint density at radius 1 is 1.13 bits per heavy atom. The van der Waals surface area contributed by atoms with Gasteiger partial charge in [0.15, 0.2) is 0 Å². The summed E-state index contributed by atoms with van der Waals surface area (Å²) in [5, 5.41) is 27.7. The van der Waals surface area contributed by atoms with Gasteiger partial charge < -0.3 is 5.73 Å². The van der Waals surface area contributed by atoms with Crippen LogP contribution in [0.3, 0.4) is 0 Å². The van der Waals surface area contributed by atoms with Gasteiger partial charge in [0.2, 0.25) is 5.91 Å². The van der Waals surface area contributed by atoms with Crippen molar-refractivity contribution in [1.29, 1.82) is 15.8 Å². The lowest BCUT2D eigenvalue weighted by molar-refractivity contribution is -0.121. The molecule has 1 aromatic carbocycles. The average molecular weight is 460 g/mol. The summed E-state index contributed by atoms with van der Waals surface area (Å²) in [7, 11) is 0. The second kappa shape index (κ2) is 8.48. The molecule has 3 rings (SSSR count). The lowest BCUT2D eigenvalue weighted by Gasteiger charge is -2.27. The number of hydrazine groups is 1. The number of aliphatic imine (C=N–C) groups is 1. The molecule has 146 valence electrons. The number of carbonyl (C=O) groups excluding carboxylic acids is 1. The molecule has 1 amide bonds. The largest absolute Gasteiger partial charge is 0.383 e. The molecule has 1 spiro atoms. The first-order chi connectivity index (χ1) is 14.4. The van der Waals surface area contributed by atoms with Gasteiger partial charge in [0.25, 0.3) is 0 Å². The number of amides is 1. The Labute approximate surface area is 181 Å². The minimum atomic E-state index is -1.12. The third kappa shape index (κ3) is 3.86. The fourth-order valence-corrected chi connectivity index (χ4v) is 3.30. The van der Waals surface area contributed by atoms with Gasteiger partial charge in [-0.25, -0.2) is 4.99 Å². The van der Waals surface area contributed by atoms with Crippen LogP contribution in [0.5, 0.6) is 0 Å². The van der Waals surface area contributed by atoms with E-state index in [0.29, 0.717) is 5.57 Å². The minimum absolute atomic E-state index is 0.0182. The van der Waals surface area contributed by atoms with E-state index in [1.807, 2.05) is 42.5 Å². The fraction of sp³-hybridized carbons (Fsp3) is 0.0952. The lowest BCUT2D eigenvalue weighted by atomic mass is 9.76. The highest BCUT2D eigenvalue weighted by molar-refractivity contribution is 9.10. The van der Waals surface area contributed by atoms with Gasteiger partial charge in [0.1, 0.15) is 40.9 Å². The molecule has 0 unspecified atom stereocenters. The normalized spacial score (nSPS) is 19.0. The van der Waals surface area contributed by atoms with Crippen LogP contribution >= 0.6 is 15.9 Å². The van der Waals surface area contributed by atoms with E-state index in [-0.39, 0.29) is 35.1 Å². The zero-order chi connectivity index (χ0) is 21.7. The Balaban J connectivity index is 1.79. The van der Waals surface area contributed by atoms with E-state index in [4.69, 9.17) is 16.3 Å². The Morgan fingerprint density at radius 2 is 1.77 bits per heavy atom. The van der Waals surface area contributed by atoms with Crippen LogP contribution in [0.25, 0.3) is 0 Å². The first-order valence-electron chi connectivity index (χ1n) is 8.65. The van der Waals surface area contributed by atoms with Crippen molar-refractivity contribution in [3.05, 3.63) is 81.1 Å². The molecule has 4 N–H and O–H groups in total. The molecule has 1 aliphatic heterocycles. The summed E-state index contributed by atoms with van der Waals surface area (Å²) in [5.74, 6) is -0.0489. The van der Waals surface area contributed by atoms with E-state index in [1.165, 1.54) is 0 Å². The van der Waals surface area contributed by atoms with Crippen LogP contribution in [0.2, 0.25) is 0 Å². The number of nitriles is 3. The first-order valence-corrected chi connectivity index (χ1v) is 9.44. The van der Waals surface area contributed by atoms with E-state index in [1.54, 1.807) is 24.3 Å². The van der Waals surface area contributed by atoms with Gasteiger partial charge in [-0.1, -0.05) is 52.4 Å². The fourth-order valence-electron chi connectivity index (χ4n) is 3.04. The van der Waals surface area contributed by atoms with E-state index in [2.05, 4.69) is 31.8 Å². The number of rotatable bonds is 2. The van der Waals surface area contributed by atoms with Gasteiger partial charge in [0.05, 0.1) is 12.0 Å². The Bertz CT molecular complexity index is 1150. The van der Waals surface area contributed by atoms with E-state index >= 15 is 0 Å². The van der Waals surface area contributed by atoms with Crippen molar-refractivity contribution in [2.45, 2.75) is 6.42 Å². The van der Waals surface area contributed by atoms with Crippen LogP contribution in [0.1, 0.15) is 5.56 Å². The average Bonchev–Trinajstić information content (AvgIpc) is 3.00. The van der Waals surface area contributed by atoms with E-state index in [9.17, 15) is 10.1 Å². The Hall–Kier alpha value is -4.13. The number of hydrogen-bond donors (Lipinski definition) is 3. The van der Waals surface area contributed by atoms with Crippen molar-refractivity contribution in [3.63, 3.8) is 0 Å². The zero-order valence-electron chi connectivity index (χ0n) is 15.5. The standard InChI is InChI=1S/C21H14BrN7O/c22-16-3-1-13(2-4-16)9-18(30)28-29-20-21(17(12-25)19(26)27-20)7-5-14(6-8-21)15(10-23)11-24/h1-8H,9,26H2,(H,27,29)(H,28,30). The van der Waals surface area contributed by atoms with Crippen LogP contribution < -0.4 is 16.6 Å². The van der Waals surface area contributed by atoms with Gasteiger partial charge >= 0.3 is 0 Å². The van der Waals surface area contributed by atoms with Crippen LogP contribution in [0, 0.1) is 39.4 Å². The number of amidine groups is 1. The SMILES string of the molecule is N#CC(C#N)=C1C=CC2(C=C1)C(NNC(=O)Cc1ccc(Br)cc1)=NC(N)=C2C#N. The molecule has 0 bridgehead atoms. The van der Waals surface area contributed by atoms with Gasteiger partial charge in [-0.3, -0.25) is 15.6 Å². The summed E-state index contributed by atoms with van der Waals surface area (Å²) in [5.41, 5.74) is 11.5. The molecule has 0 saturated heterocycles. The Kier molecular flexibility index (Phi) is 5.83. The number of benzene rings is 1. The first kappa shape index (κ1) is 20.6. The molecule has 0 aromatic heterocycles. The van der Waals surface area contributed by atoms with Crippen molar-refractivity contribution in [2.24, 2.45) is 16.1 Å². The number of allylic oxidation sites excluding steroid dienone is 4. The number of nitrogens with zero attached hydrogens (tertiary/aromatic N) is 4. The molecule has 2 aliphatic rings. The number of halogens is 1. The number of carbonyl (C=O) groups is 1. The van der Waals surface area contributed by atoms with Crippen LogP contribution in [-0.4, -0.2) is 11.7 Å². The third-order valence-corrected chi connectivity index (χ3v) is 5.10. The lowest BCUT2D eigenvalue weighted by Crippen LogP contribution is -2.48. The molecule has 0 fully saturated rings. The molecule has 30 heavy (non-hydrogen) atoms. The quantitative estimate of drug-likeness (QED) is 0.455. The van der Waals surface area contributed by atoms with Gasteiger partial charge in [-0.05, 0) is 17.7 Å². The topological polar surface area (TPSA) is 151 Å². The number of nitrogens with two attached hydrogens (primary N) is 1. The third-order valence-electron chi connectivity index (χ3n) is 4.57. The Morgan fingerprint density at radius 3 is 2.33 bits per heavy atom. The van der Waals surface area contributed by atoms with Crippen molar-refractivity contribution in [1.82, 2.24) is 10.9 Å². The molecule has 0 saturated carbocycles. The van der Waals surface area contributed by atoms with Crippen LogP contribution in [0.15, 0.2) is 80.6 Å². The van der Waals surface area contributed by atoms with Gasteiger partial charge in [-0.2, -0.15) is 15.8 Å². The predicted octanol–water partition coefficient (Wildman–Crippen LogP) is 2.17. The van der Waals surface area contributed by atoms with Crippen LogP contribution in [-0.2, 0) is 11.2 Å². The summed E-state index contributed by atoms with van der Waals surface area (Å²) in [6, 6.07) is 13.0. The molecule has 1 aromatic rings. The highest BCUT2D eigenvalue weighted by Gasteiger charge is 2.43. The summed E-state index contributed by atoms with van der Waals surface area (Å²) >= 11 is 3.34. The molecule has 1 heterocycles. The van der Waals surface area contributed by atoms with Crippen molar-refractivity contribution in [2.75, 3.05) is 0 Å². The molecule has 8 nitrogen and oxygen atoms in total. The molecule has 0 radical (unpaired) electrons.